The van der Waals surface area contributed by atoms with Crippen LogP contribution < -0.4 is 11.3 Å². The molecule has 1 aliphatic carbocycles. The molecule has 1 aliphatic heterocycles. The molecule has 2 aromatic heterocycles. The lowest BCUT2D eigenvalue weighted by Crippen LogP contribution is -2.29. The third-order valence-electron chi connectivity index (χ3n) is 5.03. The van der Waals surface area contributed by atoms with Crippen molar-refractivity contribution in [2.45, 2.75) is 62.8 Å². The van der Waals surface area contributed by atoms with E-state index in [9.17, 15) is 9.59 Å². The van der Waals surface area contributed by atoms with Gasteiger partial charge in [0.15, 0.2) is 5.16 Å². The first kappa shape index (κ1) is 18.0. The van der Waals surface area contributed by atoms with Crippen molar-refractivity contribution in [1.29, 1.82) is 0 Å². The molecular weight excluding hydrogens is 370 g/mol. The maximum Gasteiger partial charge on any atom is 0.263 e. The topological polar surface area (TPSA) is 87.2 Å². The van der Waals surface area contributed by atoms with Gasteiger partial charge in [0.25, 0.3) is 5.56 Å². The van der Waals surface area contributed by atoms with E-state index >= 15 is 0 Å². The molecule has 1 saturated heterocycles. The Balaban J connectivity index is 1.75. The Bertz CT molecular complexity index is 884. The van der Waals surface area contributed by atoms with Crippen LogP contribution in [0.3, 0.4) is 0 Å². The number of fused-ring (bicyclic) bond motifs is 3. The van der Waals surface area contributed by atoms with Gasteiger partial charge < -0.3 is 10.5 Å². The zero-order chi connectivity index (χ0) is 18.1. The largest absolute Gasteiger partial charge is 0.376 e. The molecule has 2 aliphatic rings. The summed E-state index contributed by atoms with van der Waals surface area (Å²) in [5.41, 5.74) is 6.51. The van der Waals surface area contributed by atoms with Gasteiger partial charge in [0.2, 0.25) is 5.91 Å². The molecule has 0 unspecified atom stereocenters. The molecule has 0 spiro atoms. The number of ether oxygens (including phenoxy) is 1. The van der Waals surface area contributed by atoms with Crippen molar-refractivity contribution in [2.75, 3.05) is 12.4 Å². The summed E-state index contributed by atoms with van der Waals surface area (Å²) < 4.78 is 7.52. The first-order valence-corrected chi connectivity index (χ1v) is 11.0. The fraction of sp³-hybridized carbons (Fsp3) is 0.611. The predicted octanol–water partition coefficient (Wildman–Crippen LogP) is 2.48. The van der Waals surface area contributed by atoms with Gasteiger partial charge in [0.05, 0.1) is 18.0 Å². The van der Waals surface area contributed by atoms with Crippen LogP contribution in [0, 0.1) is 0 Å². The average molecular weight is 394 g/mol. The number of rotatable bonds is 6. The lowest BCUT2D eigenvalue weighted by molar-refractivity contribution is -0.117. The molecule has 0 saturated carbocycles. The molecule has 8 heteroatoms. The van der Waals surface area contributed by atoms with Gasteiger partial charge in [0.1, 0.15) is 4.83 Å². The van der Waals surface area contributed by atoms with E-state index in [4.69, 9.17) is 15.5 Å². The molecule has 1 atom stereocenters. The third-order valence-corrected chi connectivity index (χ3v) is 7.19. The zero-order valence-corrected chi connectivity index (χ0v) is 16.3. The van der Waals surface area contributed by atoms with Crippen LogP contribution in [0.1, 0.15) is 42.5 Å². The lowest BCUT2D eigenvalue weighted by atomic mass is 9.97. The zero-order valence-electron chi connectivity index (χ0n) is 14.7. The van der Waals surface area contributed by atoms with Crippen LogP contribution in [-0.4, -0.2) is 33.9 Å². The van der Waals surface area contributed by atoms with Crippen LogP contribution in [0.2, 0.25) is 0 Å². The van der Waals surface area contributed by atoms with Crippen molar-refractivity contribution in [2.24, 2.45) is 5.73 Å². The van der Waals surface area contributed by atoms with Crippen LogP contribution in [0.4, 0.5) is 0 Å². The van der Waals surface area contributed by atoms with Crippen molar-refractivity contribution in [3.05, 3.63) is 20.8 Å². The Morgan fingerprint density at radius 3 is 2.96 bits per heavy atom. The van der Waals surface area contributed by atoms with E-state index in [0.717, 1.165) is 48.9 Å². The highest BCUT2D eigenvalue weighted by Crippen LogP contribution is 2.35. The summed E-state index contributed by atoms with van der Waals surface area (Å²) >= 11 is 3.09. The van der Waals surface area contributed by atoms with Gasteiger partial charge in [-0.3, -0.25) is 14.2 Å². The van der Waals surface area contributed by atoms with Crippen LogP contribution in [0.5, 0.6) is 0 Å². The number of carbonyl (C=O) groups is 1. The second-order valence-corrected chi connectivity index (χ2v) is 9.05. The molecule has 6 nitrogen and oxygen atoms in total. The number of nitrogens with two attached hydrogens (primary N) is 1. The highest BCUT2D eigenvalue weighted by molar-refractivity contribution is 7.99. The summed E-state index contributed by atoms with van der Waals surface area (Å²) in [6.45, 7) is 1.29. The highest BCUT2D eigenvalue weighted by Gasteiger charge is 2.24. The minimum Gasteiger partial charge on any atom is -0.376 e. The fourth-order valence-corrected chi connectivity index (χ4v) is 5.99. The summed E-state index contributed by atoms with van der Waals surface area (Å²) in [7, 11) is 0. The number of hydrogen-bond donors (Lipinski definition) is 1. The van der Waals surface area contributed by atoms with Gasteiger partial charge in [-0.05, 0) is 44.1 Å². The van der Waals surface area contributed by atoms with E-state index in [1.165, 1.54) is 28.6 Å². The van der Waals surface area contributed by atoms with Gasteiger partial charge in [-0.15, -0.1) is 11.3 Å². The van der Waals surface area contributed by atoms with Crippen LogP contribution in [0.25, 0.3) is 10.2 Å². The smallest absolute Gasteiger partial charge is 0.263 e. The maximum atomic E-state index is 13.3. The Morgan fingerprint density at radius 1 is 1.35 bits per heavy atom. The minimum absolute atomic E-state index is 0.0477. The number of nitrogens with zero attached hydrogens (tertiary/aromatic N) is 2. The van der Waals surface area contributed by atoms with Gasteiger partial charge in [0, 0.05) is 23.7 Å². The molecule has 0 bridgehead atoms. The quantitative estimate of drug-likeness (QED) is 0.602. The molecule has 140 valence electrons. The van der Waals surface area contributed by atoms with E-state index in [-0.39, 0.29) is 24.0 Å². The molecule has 2 N–H and O–H groups in total. The van der Waals surface area contributed by atoms with Crippen molar-refractivity contribution in [3.8, 4) is 0 Å². The number of hydrogen-bond acceptors (Lipinski definition) is 6. The average Bonchev–Trinajstić information content (AvgIpc) is 3.25. The molecule has 3 heterocycles. The molecule has 0 aromatic carbocycles. The Kier molecular flexibility index (Phi) is 5.33. The molecule has 1 amide bonds. The molecule has 1 fully saturated rings. The lowest BCUT2D eigenvalue weighted by Gasteiger charge is -2.16. The first-order chi connectivity index (χ1) is 12.6. The number of primary amides is 1. The number of thioether (sulfide) groups is 1. The Hall–Kier alpha value is -1.38. The fourth-order valence-electron chi connectivity index (χ4n) is 3.73. The molecule has 0 radical (unpaired) electrons. The van der Waals surface area contributed by atoms with Crippen molar-refractivity contribution < 1.29 is 9.53 Å². The summed E-state index contributed by atoms with van der Waals surface area (Å²) in [6.07, 6.45) is 6.69. The van der Waals surface area contributed by atoms with Crippen molar-refractivity contribution in [3.63, 3.8) is 0 Å². The summed E-state index contributed by atoms with van der Waals surface area (Å²) in [6, 6.07) is 0. The minimum atomic E-state index is -0.335. The summed E-state index contributed by atoms with van der Waals surface area (Å²) in [4.78, 5) is 31.4. The van der Waals surface area contributed by atoms with Crippen LogP contribution in [0.15, 0.2) is 9.95 Å². The molecule has 4 rings (SSSR count). The van der Waals surface area contributed by atoms with Gasteiger partial charge in [-0.25, -0.2) is 4.98 Å². The van der Waals surface area contributed by atoms with E-state index in [2.05, 4.69) is 0 Å². The number of carbonyl (C=O) groups excluding carboxylic acids is 1. The molecule has 2 aromatic rings. The number of aromatic nitrogens is 2. The Morgan fingerprint density at radius 2 is 2.19 bits per heavy atom. The van der Waals surface area contributed by atoms with E-state index < -0.39 is 0 Å². The first-order valence-electron chi connectivity index (χ1n) is 9.21. The number of aryl methyl sites for hydroxylation is 2. The summed E-state index contributed by atoms with van der Waals surface area (Å²) in [5.74, 6) is 0.197. The van der Waals surface area contributed by atoms with Gasteiger partial charge in [-0.1, -0.05) is 11.8 Å². The van der Waals surface area contributed by atoms with Crippen molar-refractivity contribution in [1.82, 2.24) is 9.55 Å². The third kappa shape index (κ3) is 3.54. The normalized spacial score (nSPS) is 19.8. The van der Waals surface area contributed by atoms with E-state index in [1.807, 2.05) is 0 Å². The Labute approximate surface area is 160 Å². The second-order valence-electron chi connectivity index (χ2n) is 6.90. The van der Waals surface area contributed by atoms with Crippen LogP contribution >= 0.6 is 23.1 Å². The highest BCUT2D eigenvalue weighted by atomic mass is 32.2. The second kappa shape index (κ2) is 7.70. The summed E-state index contributed by atoms with van der Waals surface area (Å²) in [5, 5.41) is 1.49. The van der Waals surface area contributed by atoms with Crippen LogP contribution in [-0.2, 0) is 28.9 Å². The van der Waals surface area contributed by atoms with E-state index in [1.54, 1.807) is 15.9 Å². The monoisotopic (exact) mass is 393 g/mol. The predicted molar refractivity (Wildman–Crippen MR) is 104 cm³/mol. The molecular formula is C18H23N3O3S2. The SMILES string of the molecule is NC(=O)CCSc1nc2sc3c(c2c(=O)n1C[C@@H]1CCCO1)CCCC3. The van der Waals surface area contributed by atoms with Crippen molar-refractivity contribution >= 4 is 39.2 Å². The maximum absolute atomic E-state index is 13.3. The number of amides is 1. The standard InChI is InChI=1S/C18H23N3O3S2/c19-14(22)7-9-25-18-20-16-15(12-5-1-2-6-13(12)26-16)17(23)21(18)10-11-4-3-8-24-11/h11H,1-10H2,(H2,19,22)/t11-/m0/s1. The number of thiophene rings is 1. The molecule has 26 heavy (non-hydrogen) atoms. The van der Waals surface area contributed by atoms with Gasteiger partial charge >= 0.3 is 0 Å². The van der Waals surface area contributed by atoms with E-state index in [0.29, 0.717) is 17.5 Å². The van der Waals surface area contributed by atoms with Gasteiger partial charge in [-0.2, -0.15) is 0 Å².